The Morgan fingerprint density at radius 3 is 1.86 bits per heavy atom. The summed E-state index contributed by atoms with van der Waals surface area (Å²) in [5, 5.41) is 11.1. The van der Waals surface area contributed by atoms with Gasteiger partial charge in [0.05, 0.1) is 18.8 Å². The molecule has 162 valence electrons. The lowest BCUT2D eigenvalue weighted by atomic mass is 10.1. The molecule has 0 heterocycles. The molecule has 28 heavy (non-hydrogen) atoms. The van der Waals surface area contributed by atoms with Gasteiger partial charge < -0.3 is 19.1 Å². The lowest BCUT2D eigenvalue weighted by Crippen LogP contribution is -2.37. The first-order chi connectivity index (χ1) is 12.5. The molecule has 0 saturated carbocycles. The fourth-order valence-electron chi connectivity index (χ4n) is 2.15. The maximum absolute atomic E-state index is 13.9. The zero-order chi connectivity index (χ0) is 21.8. The van der Waals surface area contributed by atoms with E-state index in [0.717, 1.165) is 18.2 Å². The van der Waals surface area contributed by atoms with Gasteiger partial charge in [0.15, 0.2) is 0 Å². The quantitative estimate of drug-likeness (QED) is 0.262. The van der Waals surface area contributed by atoms with Gasteiger partial charge in [-0.25, -0.2) is 8.96 Å². The molecule has 1 aromatic carbocycles. The summed E-state index contributed by atoms with van der Waals surface area (Å²) in [5.41, 5.74) is -0.318. The highest BCUT2D eigenvalue weighted by Gasteiger charge is 2.38. The Labute approximate surface area is 168 Å². The molecule has 0 aromatic heterocycles. The summed E-state index contributed by atoms with van der Waals surface area (Å²) >= 11 is 0. The number of phosphoric ester groups is 1. The van der Waals surface area contributed by atoms with Crippen LogP contribution >= 0.6 is 7.82 Å². The van der Waals surface area contributed by atoms with Crippen LogP contribution in [-0.4, -0.2) is 44.3 Å². The summed E-state index contributed by atoms with van der Waals surface area (Å²) < 4.78 is 41.0. The molecule has 7 nitrogen and oxygen atoms in total. The zero-order valence-corrected chi connectivity index (χ0v) is 20.3. The van der Waals surface area contributed by atoms with Crippen LogP contribution in [0.4, 0.5) is 4.39 Å². The Balaban J connectivity index is 3.21. The van der Waals surface area contributed by atoms with Crippen molar-refractivity contribution in [1.82, 2.24) is 0 Å². The smallest absolute Gasteiger partial charge is 0.404 e. The molecular formula is C17H32FO7PSi2. The van der Waals surface area contributed by atoms with E-state index in [9.17, 15) is 14.1 Å². The van der Waals surface area contributed by atoms with E-state index in [0.29, 0.717) is 12.1 Å². The highest BCUT2D eigenvalue weighted by atomic mass is 31.2. The maximum atomic E-state index is 13.9. The minimum Gasteiger partial charge on any atom is -0.404 e. The second kappa shape index (κ2) is 9.48. The van der Waals surface area contributed by atoms with E-state index in [1.54, 1.807) is 0 Å². The predicted molar refractivity (Wildman–Crippen MR) is 111 cm³/mol. The summed E-state index contributed by atoms with van der Waals surface area (Å²) in [6.07, 6.45) is 0. The lowest BCUT2D eigenvalue weighted by Gasteiger charge is -2.31. The van der Waals surface area contributed by atoms with Gasteiger partial charge in [0.25, 0.3) is 0 Å². The van der Waals surface area contributed by atoms with E-state index in [-0.39, 0.29) is 18.8 Å². The average molecular weight is 455 g/mol. The zero-order valence-electron chi connectivity index (χ0n) is 17.4. The molecule has 0 atom stereocenters. The van der Waals surface area contributed by atoms with E-state index < -0.39 is 41.5 Å². The van der Waals surface area contributed by atoms with Crippen LogP contribution in [-0.2, 0) is 20.0 Å². The van der Waals surface area contributed by atoms with Crippen LogP contribution in [0.2, 0.25) is 51.4 Å². The van der Waals surface area contributed by atoms with E-state index in [1.165, 1.54) is 0 Å². The number of halogens is 1. The first kappa shape index (κ1) is 25.5. The minimum atomic E-state index is -4.94. The van der Waals surface area contributed by atoms with Gasteiger partial charge in [-0.1, -0.05) is 39.3 Å². The SMILES string of the molecule is C[Si](C)(C)CCOC(O)(OCC[Si](C)(C)C)c1cc(F)ccc1OP(=O)(O)O. The van der Waals surface area contributed by atoms with Gasteiger partial charge in [-0.05, 0) is 30.3 Å². The molecule has 0 aliphatic carbocycles. The van der Waals surface area contributed by atoms with Crippen molar-refractivity contribution >= 4 is 24.0 Å². The molecule has 0 spiro atoms. The molecule has 0 fully saturated rings. The number of hydrogen-bond acceptors (Lipinski definition) is 5. The molecule has 0 aliphatic heterocycles. The van der Waals surface area contributed by atoms with Gasteiger partial charge in [-0.2, -0.15) is 0 Å². The van der Waals surface area contributed by atoms with E-state index >= 15 is 0 Å². The standard InChI is InChI=1S/C17H32FO7PSi2/c1-27(2,3)11-9-23-17(19,24-10-12-28(4,5)6)15-13-14(18)7-8-16(15)25-26(20,21)22/h7-8,13,19H,9-12H2,1-6H3,(H2,20,21,22). The Morgan fingerprint density at radius 2 is 1.46 bits per heavy atom. The Kier molecular flexibility index (Phi) is 8.62. The Bertz CT molecular complexity index is 678. The largest absolute Gasteiger partial charge is 0.524 e. The normalized spacial score (nSPS) is 13.6. The Hall–Kier alpha value is -0.586. The number of aliphatic hydroxyl groups is 1. The van der Waals surface area contributed by atoms with Crippen molar-refractivity contribution in [3.8, 4) is 5.75 Å². The molecule has 0 aliphatic rings. The highest BCUT2D eigenvalue weighted by Crippen LogP contribution is 2.43. The number of hydrogen-bond donors (Lipinski definition) is 3. The first-order valence-electron chi connectivity index (χ1n) is 9.06. The fraction of sp³-hybridized carbons (Fsp3) is 0.647. The van der Waals surface area contributed by atoms with Gasteiger partial charge in [0, 0.05) is 16.1 Å². The highest BCUT2D eigenvalue weighted by molar-refractivity contribution is 7.46. The van der Waals surface area contributed by atoms with Crippen molar-refractivity contribution in [2.45, 2.75) is 57.3 Å². The van der Waals surface area contributed by atoms with Gasteiger partial charge >= 0.3 is 13.8 Å². The van der Waals surface area contributed by atoms with Crippen LogP contribution < -0.4 is 4.52 Å². The van der Waals surface area contributed by atoms with Crippen LogP contribution in [0.5, 0.6) is 5.75 Å². The molecule has 0 radical (unpaired) electrons. The molecular weight excluding hydrogens is 422 g/mol. The van der Waals surface area contributed by atoms with Gasteiger partial charge in [0.2, 0.25) is 0 Å². The number of phosphoric acid groups is 1. The molecule has 1 rings (SSSR count). The van der Waals surface area contributed by atoms with Crippen molar-refractivity contribution in [3.63, 3.8) is 0 Å². The van der Waals surface area contributed by atoms with Crippen molar-refractivity contribution in [2.24, 2.45) is 0 Å². The summed E-state index contributed by atoms with van der Waals surface area (Å²) in [6.45, 7) is 13.1. The maximum Gasteiger partial charge on any atom is 0.524 e. The summed E-state index contributed by atoms with van der Waals surface area (Å²) in [7, 11) is -7.93. The van der Waals surface area contributed by atoms with Crippen LogP contribution in [0.25, 0.3) is 0 Å². The molecule has 3 N–H and O–H groups in total. The van der Waals surface area contributed by atoms with E-state index in [4.69, 9.17) is 19.3 Å². The molecule has 1 aromatic rings. The fourth-order valence-corrected chi connectivity index (χ4v) is 3.99. The van der Waals surface area contributed by atoms with Crippen LogP contribution in [0.3, 0.4) is 0 Å². The molecule has 0 amide bonds. The summed E-state index contributed by atoms with van der Waals surface area (Å²) in [6, 6.07) is 4.30. The van der Waals surface area contributed by atoms with Crippen molar-refractivity contribution < 1.29 is 37.8 Å². The molecule has 0 saturated heterocycles. The van der Waals surface area contributed by atoms with E-state index in [1.807, 2.05) is 0 Å². The Morgan fingerprint density at radius 1 is 1.00 bits per heavy atom. The van der Waals surface area contributed by atoms with Gasteiger partial charge in [-0.15, -0.1) is 0 Å². The number of ether oxygens (including phenoxy) is 2. The predicted octanol–water partition coefficient (Wildman–Crippen LogP) is 4.11. The topological polar surface area (TPSA) is 105 Å². The minimum absolute atomic E-state index is 0.144. The average Bonchev–Trinajstić information content (AvgIpc) is 2.45. The van der Waals surface area contributed by atoms with Crippen molar-refractivity contribution in [2.75, 3.05) is 13.2 Å². The third-order valence-electron chi connectivity index (χ3n) is 3.80. The number of rotatable bonds is 11. The van der Waals surface area contributed by atoms with Gasteiger partial charge in [0.1, 0.15) is 11.6 Å². The third kappa shape index (κ3) is 9.75. The molecule has 0 unspecified atom stereocenters. The first-order valence-corrected chi connectivity index (χ1v) is 18.0. The van der Waals surface area contributed by atoms with E-state index in [2.05, 4.69) is 43.8 Å². The monoisotopic (exact) mass is 454 g/mol. The summed E-state index contributed by atoms with van der Waals surface area (Å²) in [4.78, 5) is 18.3. The third-order valence-corrected chi connectivity index (χ3v) is 7.64. The van der Waals surface area contributed by atoms with Crippen LogP contribution in [0, 0.1) is 5.82 Å². The lowest BCUT2D eigenvalue weighted by molar-refractivity contribution is -0.370. The molecule has 11 heteroatoms. The van der Waals surface area contributed by atoms with Crippen molar-refractivity contribution in [3.05, 3.63) is 29.6 Å². The second-order valence-corrected chi connectivity index (χ2v) is 21.5. The molecule has 0 bridgehead atoms. The second-order valence-electron chi connectivity index (χ2n) is 9.12. The van der Waals surface area contributed by atoms with Crippen LogP contribution in [0.15, 0.2) is 18.2 Å². The van der Waals surface area contributed by atoms with Crippen LogP contribution in [0.1, 0.15) is 5.56 Å². The van der Waals surface area contributed by atoms with Crippen molar-refractivity contribution in [1.29, 1.82) is 0 Å². The number of benzene rings is 1. The summed E-state index contributed by atoms with van der Waals surface area (Å²) in [5.74, 6) is -3.52. The van der Waals surface area contributed by atoms with Gasteiger partial charge in [-0.3, -0.25) is 9.79 Å².